The number of rotatable bonds is 4. The molecule has 0 spiro atoms. The molecule has 0 fully saturated rings. The summed E-state index contributed by atoms with van der Waals surface area (Å²) in [5.74, 6) is 0. The van der Waals surface area contributed by atoms with Crippen LogP contribution in [-0.2, 0) is 13.5 Å². The van der Waals surface area contributed by atoms with Crippen LogP contribution in [0.3, 0.4) is 0 Å². The molecule has 0 amide bonds. The monoisotopic (exact) mass is 243 g/mol. The predicted molar refractivity (Wildman–Crippen MR) is 75.6 cm³/mol. The van der Waals surface area contributed by atoms with Crippen LogP contribution < -0.4 is 0 Å². The van der Waals surface area contributed by atoms with Gasteiger partial charge in [0, 0.05) is 25.4 Å². The van der Waals surface area contributed by atoms with Crippen molar-refractivity contribution in [3.63, 3.8) is 0 Å². The van der Waals surface area contributed by atoms with Gasteiger partial charge in [0.25, 0.3) is 0 Å². The minimum atomic E-state index is 1.08. The number of benzene rings is 1. The summed E-state index contributed by atoms with van der Waals surface area (Å²) in [6.45, 7) is 3.23. The molecule has 1 aromatic carbocycles. The summed E-state index contributed by atoms with van der Waals surface area (Å²) in [5, 5.41) is 4.25. The number of hydrogen-bond acceptors (Lipinski definition) is 2. The second-order valence-corrected chi connectivity index (χ2v) is 5.11. The molecule has 0 aliphatic heterocycles. The van der Waals surface area contributed by atoms with Crippen LogP contribution in [0.2, 0.25) is 0 Å². The Labute approximate surface area is 109 Å². The van der Waals surface area contributed by atoms with Crippen molar-refractivity contribution in [1.82, 2.24) is 14.7 Å². The number of aromatic nitrogens is 2. The van der Waals surface area contributed by atoms with Crippen LogP contribution in [0.15, 0.2) is 30.6 Å². The van der Waals surface area contributed by atoms with Gasteiger partial charge in [-0.25, -0.2) is 0 Å². The van der Waals surface area contributed by atoms with E-state index in [9.17, 15) is 0 Å². The summed E-state index contributed by atoms with van der Waals surface area (Å²) in [6, 6.07) is 6.71. The fourth-order valence-electron chi connectivity index (χ4n) is 2.05. The summed E-state index contributed by atoms with van der Waals surface area (Å²) in [7, 11) is 6.17. The lowest BCUT2D eigenvalue weighted by Gasteiger charge is -2.11. The molecule has 0 N–H and O–H groups in total. The minimum absolute atomic E-state index is 1.08. The van der Waals surface area contributed by atoms with E-state index >= 15 is 0 Å². The fourth-order valence-corrected chi connectivity index (χ4v) is 2.05. The molecule has 96 valence electrons. The van der Waals surface area contributed by atoms with Crippen molar-refractivity contribution < 1.29 is 0 Å². The average Bonchev–Trinajstić information content (AvgIpc) is 2.74. The highest BCUT2D eigenvalue weighted by Crippen LogP contribution is 2.24. The second-order valence-electron chi connectivity index (χ2n) is 5.11. The highest BCUT2D eigenvalue weighted by Gasteiger charge is 2.05. The van der Waals surface area contributed by atoms with E-state index in [1.54, 1.807) is 0 Å². The van der Waals surface area contributed by atoms with Gasteiger partial charge < -0.3 is 4.90 Å². The van der Waals surface area contributed by atoms with E-state index in [4.69, 9.17) is 0 Å². The first kappa shape index (κ1) is 12.8. The normalized spacial score (nSPS) is 11.2. The quantitative estimate of drug-likeness (QED) is 0.822. The molecule has 0 saturated carbocycles. The lowest BCUT2D eigenvalue weighted by Crippen LogP contribution is -2.15. The first-order chi connectivity index (χ1) is 8.56. The third-order valence-corrected chi connectivity index (χ3v) is 3.17. The SMILES string of the molecule is Cc1ccc(CCN(C)C)cc1-c1cnn(C)c1. The molecule has 0 aliphatic rings. The van der Waals surface area contributed by atoms with E-state index in [1.807, 2.05) is 17.9 Å². The average molecular weight is 243 g/mol. The molecule has 0 saturated heterocycles. The zero-order valence-corrected chi connectivity index (χ0v) is 11.6. The summed E-state index contributed by atoms with van der Waals surface area (Å²) >= 11 is 0. The van der Waals surface area contributed by atoms with Crippen molar-refractivity contribution in [3.8, 4) is 11.1 Å². The molecular weight excluding hydrogens is 222 g/mol. The van der Waals surface area contributed by atoms with Gasteiger partial charge in [-0.1, -0.05) is 18.2 Å². The lowest BCUT2D eigenvalue weighted by atomic mass is 9.99. The third kappa shape index (κ3) is 2.99. The van der Waals surface area contributed by atoms with E-state index in [-0.39, 0.29) is 0 Å². The Bertz CT molecular complexity index is 526. The van der Waals surface area contributed by atoms with Gasteiger partial charge in [-0.15, -0.1) is 0 Å². The number of likely N-dealkylation sites (N-methyl/N-ethyl adjacent to an activating group) is 1. The topological polar surface area (TPSA) is 21.1 Å². The van der Waals surface area contributed by atoms with E-state index in [1.165, 1.54) is 22.3 Å². The third-order valence-electron chi connectivity index (χ3n) is 3.17. The standard InChI is InChI=1S/C15H21N3/c1-12-5-6-13(7-8-17(2)3)9-15(12)14-10-16-18(4)11-14/h5-6,9-11H,7-8H2,1-4H3. The Morgan fingerprint density at radius 2 is 2.06 bits per heavy atom. The maximum absolute atomic E-state index is 4.25. The van der Waals surface area contributed by atoms with Gasteiger partial charge in [0.15, 0.2) is 0 Å². The predicted octanol–water partition coefficient (Wildman–Crippen LogP) is 2.50. The Kier molecular flexibility index (Phi) is 3.82. The van der Waals surface area contributed by atoms with Crippen LogP contribution in [0.5, 0.6) is 0 Å². The Hall–Kier alpha value is -1.61. The maximum Gasteiger partial charge on any atom is 0.0568 e. The summed E-state index contributed by atoms with van der Waals surface area (Å²) in [6.07, 6.45) is 5.08. The molecule has 0 aliphatic carbocycles. The Morgan fingerprint density at radius 1 is 1.28 bits per heavy atom. The first-order valence-corrected chi connectivity index (χ1v) is 6.29. The van der Waals surface area contributed by atoms with Crippen molar-refractivity contribution >= 4 is 0 Å². The van der Waals surface area contributed by atoms with Gasteiger partial charge in [0.05, 0.1) is 6.20 Å². The van der Waals surface area contributed by atoms with Gasteiger partial charge in [0.1, 0.15) is 0 Å². The van der Waals surface area contributed by atoms with Crippen molar-refractivity contribution in [1.29, 1.82) is 0 Å². The molecule has 0 radical (unpaired) electrons. The van der Waals surface area contributed by atoms with Crippen molar-refractivity contribution in [2.75, 3.05) is 20.6 Å². The minimum Gasteiger partial charge on any atom is -0.309 e. The van der Waals surface area contributed by atoms with Gasteiger partial charge in [0.2, 0.25) is 0 Å². The van der Waals surface area contributed by atoms with Crippen LogP contribution in [0.1, 0.15) is 11.1 Å². The molecule has 18 heavy (non-hydrogen) atoms. The summed E-state index contributed by atoms with van der Waals surface area (Å²) in [5.41, 5.74) is 5.17. The number of aryl methyl sites for hydroxylation is 2. The van der Waals surface area contributed by atoms with E-state index in [2.05, 4.69) is 55.4 Å². The van der Waals surface area contributed by atoms with Crippen molar-refractivity contribution in [2.24, 2.45) is 7.05 Å². The summed E-state index contributed by atoms with van der Waals surface area (Å²) in [4.78, 5) is 2.21. The zero-order chi connectivity index (χ0) is 13.1. The van der Waals surface area contributed by atoms with Gasteiger partial charge in [-0.05, 0) is 44.1 Å². The molecule has 0 bridgehead atoms. The summed E-state index contributed by atoms with van der Waals surface area (Å²) < 4.78 is 1.85. The number of hydrogen-bond donors (Lipinski definition) is 0. The highest BCUT2D eigenvalue weighted by atomic mass is 15.2. The van der Waals surface area contributed by atoms with Crippen molar-refractivity contribution in [2.45, 2.75) is 13.3 Å². The van der Waals surface area contributed by atoms with Crippen LogP contribution in [0.25, 0.3) is 11.1 Å². The first-order valence-electron chi connectivity index (χ1n) is 6.29. The van der Waals surface area contributed by atoms with Crippen molar-refractivity contribution in [3.05, 3.63) is 41.7 Å². The molecule has 2 aromatic rings. The van der Waals surface area contributed by atoms with E-state index in [0.29, 0.717) is 0 Å². The van der Waals surface area contributed by atoms with Gasteiger partial charge in [-0.2, -0.15) is 5.10 Å². The molecule has 2 rings (SSSR count). The van der Waals surface area contributed by atoms with Gasteiger partial charge >= 0.3 is 0 Å². The lowest BCUT2D eigenvalue weighted by molar-refractivity contribution is 0.413. The Morgan fingerprint density at radius 3 is 2.67 bits per heavy atom. The van der Waals surface area contributed by atoms with Crippen LogP contribution >= 0.6 is 0 Å². The molecular formula is C15H21N3. The maximum atomic E-state index is 4.25. The highest BCUT2D eigenvalue weighted by molar-refractivity contribution is 5.66. The van der Waals surface area contributed by atoms with Crippen LogP contribution in [0.4, 0.5) is 0 Å². The zero-order valence-electron chi connectivity index (χ0n) is 11.6. The molecule has 3 nitrogen and oxygen atoms in total. The van der Waals surface area contributed by atoms with Crippen LogP contribution in [-0.4, -0.2) is 35.3 Å². The second kappa shape index (κ2) is 5.36. The molecule has 0 unspecified atom stereocenters. The van der Waals surface area contributed by atoms with E-state index in [0.717, 1.165) is 13.0 Å². The molecule has 3 heteroatoms. The smallest absolute Gasteiger partial charge is 0.0568 e. The van der Waals surface area contributed by atoms with Crippen LogP contribution in [0, 0.1) is 6.92 Å². The molecule has 0 atom stereocenters. The van der Waals surface area contributed by atoms with E-state index < -0.39 is 0 Å². The molecule has 1 aromatic heterocycles. The Balaban J connectivity index is 2.27. The number of nitrogens with zero attached hydrogens (tertiary/aromatic N) is 3. The molecule has 1 heterocycles. The fraction of sp³-hybridized carbons (Fsp3) is 0.400. The largest absolute Gasteiger partial charge is 0.309 e. The van der Waals surface area contributed by atoms with Gasteiger partial charge in [-0.3, -0.25) is 4.68 Å².